The number of aldehydes is 1. The molecule has 10 heavy (non-hydrogen) atoms. The summed E-state index contributed by atoms with van der Waals surface area (Å²) in [6.07, 6.45) is 1.51. The summed E-state index contributed by atoms with van der Waals surface area (Å²) >= 11 is 0. The Labute approximate surface area is 59.9 Å². The summed E-state index contributed by atoms with van der Waals surface area (Å²) in [5.41, 5.74) is -0.167. The van der Waals surface area contributed by atoms with Crippen LogP contribution in [0.1, 0.15) is 13.3 Å². The van der Waals surface area contributed by atoms with Crippen LogP contribution >= 0.6 is 0 Å². The lowest BCUT2D eigenvalue weighted by atomic mass is 9.85. The molecule has 0 aromatic heterocycles. The predicted octanol–water partition coefficient (Wildman–Crippen LogP) is 0.632. The van der Waals surface area contributed by atoms with Gasteiger partial charge in [-0.1, -0.05) is 0 Å². The van der Waals surface area contributed by atoms with Gasteiger partial charge < -0.3 is 14.9 Å². The van der Waals surface area contributed by atoms with Crippen LogP contribution in [0.5, 0.6) is 0 Å². The van der Waals surface area contributed by atoms with Crippen molar-refractivity contribution in [3.8, 4) is 0 Å². The first-order valence-electron chi connectivity index (χ1n) is 3.31. The monoisotopic (exact) mass is 141 g/mol. The molecule has 0 aromatic rings. The first-order valence-corrected chi connectivity index (χ1v) is 3.31. The summed E-state index contributed by atoms with van der Waals surface area (Å²) in [6.45, 7) is 2.66. The van der Waals surface area contributed by atoms with Crippen LogP contribution in [0.3, 0.4) is 0 Å². The average Bonchev–Trinajstić information content (AvgIpc) is 2.35. The molecule has 56 valence electrons. The molecular weight excluding hydrogens is 130 g/mol. The molecule has 1 N–H and O–H groups in total. The Balaban J connectivity index is 2.76. The molecule has 0 aliphatic carbocycles. The Morgan fingerprint density at radius 3 is 2.70 bits per heavy atom. The number of carbonyl (C=O) groups is 1. The number of rotatable bonds is 2. The van der Waals surface area contributed by atoms with E-state index in [1.54, 1.807) is 6.92 Å². The van der Waals surface area contributed by atoms with E-state index in [2.05, 4.69) is 0 Å². The van der Waals surface area contributed by atoms with Crippen molar-refractivity contribution in [1.29, 1.82) is 5.41 Å². The Bertz CT molecular complexity index is 159. The maximum atomic E-state index is 10.5. The Kier molecular flexibility index (Phi) is 1.85. The minimum Gasteiger partial charge on any atom is -0.380 e. The van der Waals surface area contributed by atoms with Gasteiger partial charge in [0.1, 0.15) is 6.29 Å². The minimum absolute atomic E-state index is 0.395. The molecule has 0 aromatic carbocycles. The largest absolute Gasteiger partial charge is 0.380 e. The van der Waals surface area contributed by atoms with Gasteiger partial charge in [-0.3, -0.25) is 0 Å². The normalized spacial score (nSPS) is 32.1. The summed E-state index contributed by atoms with van der Waals surface area (Å²) in [4.78, 5) is 10.5. The second-order valence-corrected chi connectivity index (χ2v) is 2.70. The van der Waals surface area contributed by atoms with Crippen LogP contribution in [0, 0.1) is 10.8 Å². The third-order valence-corrected chi connectivity index (χ3v) is 2.02. The number of carbonyl (C=O) groups excluding carboxylic acids is 1. The van der Waals surface area contributed by atoms with E-state index in [0.717, 1.165) is 6.29 Å². The molecule has 3 nitrogen and oxygen atoms in total. The van der Waals surface area contributed by atoms with Gasteiger partial charge in [0, 0.05) is 12.3 Å². The fourth-order valence-electron chi connectivity index (χ4n) is 1.06. The van der Waals surface area contributed by atoms with Crippen molar-refractivity contribution in [2.75, 3.05) is 13.2 Å². The zero-order chi connectivity index (χ0) is 7.61. The van der Waals surface area contributed by atoms with Crippen LogP contribution in [-0.2, 0) is 9.53 Å². The quantitative estimate of drug-likeness (QED) is 0.453. The predicted molar refractivity (Wildman–Crippen MR) is 37.3 cm³/mol. The zero-order valence-corrected chi connectivity index (χ0v) is 6.02. The van der Waals surface area contributed by atoms with Crippen LogP contribution in [0.2, 0.25) is 0 Å². The van der Waals surface area contributed by atoms with E-state index in [9.17, 15) is 4.79 Å². The Morgan fingerprint density at radius 2 is 2.50 bits per heavy atom. The highest BCUT2D eigenvalue weighted by Crippen LogP contribution is 2.26. The molecule has 0 saturated carbocycles. The minimum atomic E-state index is -0.583. The summed E-state index contributed by atoms with van der Waals surface area (Å²) in [5.74, 6) is 0. The van der Waals surface area contributed by atoms with Crippen LogP contribution in [0.25, 0.3) is 0 Å². The van der Waals surface area contributed by atoms with Gasteiger partial charge in [-0.25, -0.2) is 0 Å². The Hall–Kier alpha value is -0.700. The first kappa shape index (κ1) is 7.41. The highest BCUT2D eigenvalue weighted by Gasteiger charge is 2.36. The van der Waals surface area contributed by atoms with Crippen LogP contribution < -0.4 is 0 Å². The molecule has 0 radical (unpaired) electrons. The van der Waals surface area contributed by atoms with Gasteiger partial charge in [-0.2, -0.15) is 0 Å². The van der Waals surface area contributed by atoms with E-state index in [4.69, 9.17) is 10.1 Å². The maximum Gasteiger partial charge on any atom is 0.134 e. The van der Waals surface area contributed by atoms with Gasteiger partial charge in [-0.15, -0.1) is 0 Å². The molecule has 1 aliphatic rings. The molecule has 1 saturated heterocycles. The van der Waals surface area contributed by atoms with Crippen LogP contribution in [-0.4, -0.2) is 25.2 Å². The first-order chi connectivity index (χ1) is 4.71. The van der Waals surface area contributed by atoms with Crippen LogP contribution in [0.15, 0.2) is 0 Å². The van der Waals surface area contributed by atoms with E-state index in [1.807, 2.05) is 0 Å². The molecule has 1 aliphatic heterocycles. The maximum absolute atomic E-state index is 10.5. The van der Waals surface area contributed by atoms with Crippen molar-refractivity contribution in [3.05, 3.63) is 0 Å². The molecule has 0 bridgehead atoms. The van der Waals surface area contributed by atoms with Gasteiger partial charge in [0.15, 0.2) is 0 Å². The highest BCUT2D eigenvalue weighted by molar-refractivity contribution is 5.98. The smallest absolute Gasteiger partial charge is 0.134 e. The Morgan fingerprint density at radius 1 is 1.80 bits per heavy atom. The van der Waals surface area contributed by atoms with Crippen LogP contribution in [0.4, 0.5) is 0 Å². The van der Waals surface area contributed by atoms with E-state index in [0.29, 0.717) is 25.3 Å². The number of hydrogen-bond donors (Lipinski definition) is 1. The second kappa shape index (κ2) is 2.50. The topological polar surface area (TPSA) is 50.2 Å². The van der Waals surface area contributed by atoms with Gasteiger partial charge in [0.25, 0.3) is 0 Å². The standard InChI is InChI=1S/C7H11NO2/c1-6(8)7(4-9)2-3-10-5-7/h4,8H,2-3,5H2,1H3. The van der Waals surface area contributed by atoms with Crippen molar-refractivity contribution in [2.45, 2.75) is 13.3 Å². The molecule has 1 atom stereocenters. The van der Waals surface area contributed by atoms with Gasteiger partial charge >= 0.3 is 0 Å². The lowest BCUT2D eigenvalue weighted by Crippen LogP contribution is -2.30. The van der Waals surface area contributed by atoms with E-state index in [1.165, 1.54) is 0 Å². The fraction of sp³-hybridized carbons (Fsp3) is 0.714. The third-order valence-electron chi connectivity index (χ3n) is 2.02. The lowest BCUT2D eigenvalue weighted by Gasteiger charge is -2.17. The van der Waals surface area contributed by atoms with Crippen molar-refractivity contribution >= 4 is 12.0 Å². The van der Waals surface area contributed by atoms with Gasteiger partial charge in [-0.05, 0) is 13.3 Å². The van der Waals surface area contributed by atoms with Gasteiger partial charge in [0.2, 0.25) is 0 Å². The van der Waals surface area contributed by atoms with E-state index in [-0.39, 0.29) is 0 Å². The summed E-state index contributed by atoms with van der Waals surface area (Å²) < 4.78 is 5.04. The third kappa shape index (κ3) is 0.968. The van der Waals surface area contributed by atoms with Gasteiger partial charge in [0.05, 0.1) is 12.0 Å². The summed E-state index contributed by atoms with van der Waals surface area (Å²) in [5, 5.41) is 7.33. The number of ether oxygens (including phenoxy) is 1. The summed E-state index contributed by atoms with van der Waals surface area (Å²) in [7, 11) is 0. The molecule has 1 heterocycles. The molecule has 1 rings (SSSR count). The molecule has 0 amide bonds. The molecule has 1 fully saturated rings. The average molecular weight is 141 g/mol. The fourth-order valence-corrected chi connectivity index (χ4v) is 1.06. The molecular formula is C7H11NO2. The molecule has 0 spiro atoms. The number of hydrogen-bond acceptors (Lipinski definition) is 3. The molecule has 1 unspecified atom stereocenters. The highest BCUT2D eigenvalue weighted by atomic mass is 16.5. The molecule has 3 heteroatoms. The van der Waals surface area contributed by atoms with E-state index < -0.39 is 5.41 Å². The SMILES string of the molecule is CC(=N)C1(C=O)CCOC1. The van der Waals surface area contributed by atoms with Crippen molar-refractivity contribution < 1.29 is 9.53 Å². The second-order valence-electron chi connectivity index (χ2n) is 2.70. The van der Waals surface area contributed by atoms with E-state index >= 15 is 0 Å². The van der Waals surface area contributed by atoms with Crippen molar-refractivity contribution in [1.82, 2.24) is 0 Å². The van der Waals surface area contributed by atoms with Crippen molar-refractivity contribution in [3.63, 3.8) is 0 Å². The van der Waals surface area contributed by atoms with Crippen molar-refractivity contribution in [2.24, 2.45) is 5.41 Å². The summed E-state index contributed by atoms with van der Waals surface area (Å²) in [6, 6.07) is 0. The zero-order valence-electron chi connectivity index (χ0n) is 6.02. The lowest BCUT2D eigenvalue weighted by molar-refractivity contribution is -0.113. The number of nitrogens with one attached hydrogen (secondary N) is 1.